The largest absolute Gasteiger partial charge is 0.371 e. The molecule has 0 saturated carbocycles. The number of amides is 1. The minimum Gasteiger partial charge on any atom is -0.371 e. The minimum absolute atomic E-state index is 0.0166. The summed E-state index contributed by atoms with van der Waals surface area (Å²) in [5, 5.41) is 7.42. The zero-order valence-corrected chi connectivity index (χ0v) is 14.7. The maximum absolute atomic E-state index is 12.4. The molecule has 1 fully saturated rings. The third kappa shape index (κ3) is 4.54. The summed E-state index contributed by atoms with van der Waals surface area (Å²) >= 11 is 0. The van der Waals surface area contributed by atoms with Crippen LogP contribution in [0.5, 0.6) is 0 Å². The first kappa shape index (κ1) is 17.9. The van der Waals surface area contributed by atoms with Crippen LogP contribution in [-0.2, 0) is 16.6 Å². The lowest BCUT2D eigenvalue weighted by Crippen LogP contribution is -2.38. The second-order valence-corrected chi connectivity index (χ2v) is 7.00. The van der Waals surface area contributed by atoms with Crippen molar-refractivity contribution in [3.8, 4) is 0 Å². The zero-order valence-electron chi connectivity index (χ0n) is 14.7. The van der Waals surface area contributed by atoms with Gasteiger partial charge in [-0.05, 0) is 38.1 Å². The normalized spacial score (nSPS) is 22.5. The van der Waals surface area contributed by atoms with E-state index in [1.807, 2.05) is 24.9 Å². The summed E-state index contributed by atoms with van der Waals surface area (Å²) in [7, 11) is 1.92. The molecule has 2 rings (SSSR count). The number of ether oxygens (including phenoxy) is 1. The molecule has 0 aromatic carbocycles. The molecule has 3 N–H and O–H groups in total. The van der Waals surface area contributed by atoms with Crippen molar-refractivity contribution < 1.29 is 9.53 Å². The molecule has 1 aliphatic rings. The van der Waals surface area contributed by atoms with Crippen molar-refractivity contribution in [3.63, 3.8) is 0 Å². The van der Waals surface area contributed by atoms with E-state index >= 15 is 0 Å². The Balaban J connectivity index is 1.95. The van der Waals surface area contributed by atoms with Crippen molar-refractivity contribution in [1.82, 2.24) is 15.1 Å². The summed E-state index contributed by atoms with van der Waals surface area (Å²) in [6, 6.07) is 0.0166. The third-order valence-electron chi connectivity index (χ3n) is 4.63. The summed E-state index contributed by atoms with van der Waals surface area (Å²) in [5.74, 6) is 0.871. The monoisotopic (exact) mass is 322 g/mol. The van der Waals surface area contributed by atoms with Gasteiger partial charge in [-0.2, -0.15) is 5.10 Å². The number of nitrogens with two attached hydrogens (primary N) is 1. The molecule has 1 saturated heterocycles. The Labute approximate surface area is 138 Å². The Morgan fingerprint density at radius 1 is 1.57 bits per heavy atom. The maximum Gasteiger partial charge on any atom is 0.220 e. The molecule has 6 heteroatoms. The summed E-state index contributed by atoms with van der Waals surface area (Å²) in [6.45, 7) is 7.56. The predicted molar refractivity (Wildman–Crippen MR) is 89.8 cm³/mol. The molecular weight excluding hydrogens is 292 g/mol. The highest BCUT2D eigenvalue weighted by Crippen LogP contribution is 2.31. The SMILES string of the molecule is Cc1c([C@H]2OCC[C@@H]2NC(=O)C[C@@H](CN)CC(C)C)cnn1C. The summed E-state index contributed by atoms with van der Waals surface area (Å²) in [5.41, 5.74) is 7.95. The number of aromatic nitrogens is 2. The Bertz CT molecular complexity index is 527. The Kier molecular flexibility index (Phi) is 6.18. The van der Waals surface area contributed by atoms with Crippen LogP contribution in [0.4, 0.5) is 0 Å². The first-order valence-corrected chi connectivity index (χ1v) is 8.51. The molecule has 0 spiro atoms. The second kappa shape index (κ2) is 7.93. The molecule has 1 aliphatic heterocycles. The van der Waals surface area contributed by atoms with E-state index in [1.54, 1.807) is 0 Å². The molecular formula is C17H30N4O2. The molecule has 0 unspecified atom stereocenters. The Morgan fingerprint density at radius 3 is 2.87 bits per heavy atom. The molecule has 2 heterocycles. The Morgan fingerprint density at radius 2 is 2.30 bits per heavy atom. The van der Waals surface area contributed by atoms with Gasteiger partial charge in [0.1, 0.15) is 6.10 Å². The number of aryl methyl sites for hydroxylation is 1. The lowest BCUT2D eigenvalue weighted by molar-refractivity contribution is -0.123. The van der Waals surface area contributed by atoms with Gasteiger partial charge >= 0.3 is 0 Å². The van der Waals surface area contributed by atoms with Gasteiger partial charge in [-0.1, -0.05) is 13.8 Å². The molecule has 0 radical (unpaired) electrons. The van der Waals surface area contributed by atoms with E-state index < -0.39 is 0 Å². The molecule has 3 atom stereocenters. The van der Waals surface area contributed by atoms with Crippen molar-refractivity contribution >= 4 is 5.91 Å². The highest BCUT2D eigenvalue weighted by Gasteiger charge is 2.33. The van der Waals surface area contributed by atoms with Crippen LogP contribution in [0.25, 0.3) is 0 Å². The van der Waals surface area contributed by atoms with Crippen LogP contribution in [0.2, 0.25) is 0 Å². The van der Waals surface area contributed by atoms with Gasteiger partial charge in [-0.25, -0.2) is 0 Å². The van der Waals surface area contributed by atoms with Crippen molar-refractivity contribution in [2.45, 2.75) is 52.2 Å². The predicted octanol–water partition coefficient (Wildman–Crippen LogP) is 1.69. The summed E-state index contributed by atoms with van der Waals surface area (Å²) in [4.78, 5) is 12.4. The van der Waals surface area contributed by atoms with Crippen molar-refractivity contribution in [2.24, 2.45) is 24.6 Å². The van der Waals surface area contributed by atoms with Crippen LogP contribution >= 0.6 is 0 Å². The molecule has 130 valence electrons. The van der Waals surface area contributed by atoms with Crippen LogP contribution in [0.3, 0.4) is 0 Å². The molecule has 23 heavy (non-hydrogen) atoms. The first-order valence-electron chi connectivity index (χ1n) is 8.51. The summed E-state index contributed by atoms with van der Waals surface area (Å²) < 4.78 is 7.69. The van der Waals surface area contributed by atoms with E-state index in [0.29, 0.717) is 25.5 Å². The number of carbonyl (C=O) groups excluding carboxylic acids is 1. The molecule has 1 aromatic rings. The standard InChI is InChI=1S/C17H30N4O2/c1-11(2)7-13(9-18)8-16(22)20-15-5-6-23-17(15)14-10-19-21(4)12(14)3/h10-11,13,15,17H,5-9,18H2,1-4H3,(H,20,22)/t13-,15-,17+/m0/s1. The first-order chi connectivity index (χ1) is 10.9. The van der Waals surface area contributed by atoms with Crippen LogP contribution in [-0.4, -0.2) is 34.9 Å². The van der Waals surface area contributed by atoms with Crippen molar-refractivity contribution in [1.29, 1.82) is 0 Å². The van der Waals surface area contributed by atoms with Crippen LogP contribution < -0.4 is 11.1 Å². The molecule has 6 nitrogen and oxygen atoms in total. The van der Waals surface area contributed by atoms with Gasteiger partial charge in [0.2, 0.25) is 5.91 Å². The van der Waals surface area contributed by atoms with Crippen LogP contribution in [0.1, 0.15) is 50.5 Å². The minimum atomic E-state index is -0.103. The fourth-order valence-electron chi connectivity index (χ4n) is 3.30. The van der Waals surface area contributed by atoms with Crippen LogP contribution in [0, 0.1) is 18.8 Å². The lowest BCUT2D eigenvalue weighted by atomic mass is 9.93. The van der Waals surface area contributed by atoms with E-state index in [1.165, 1.54) is 0 Å². The molecule has 0 aliphatic carbocycles. The highest BCUT2D eigenvalue weighted by atomic mass is 16.5. The fraction of sp³-hybridized carbons (Fsp3) is 0.765. The lowest BCUT2D eigenvalue weighted by Gasteiger charge is -2.22. The number of hydrogen-bond donors (Lipinski definition) is 2. The number of rotatable bonds is 7. The molecule has 0 bridgehead atoms. The van der Waals surface area contributed by atoms with E-state index in [4.69, 9.17) is 10.5 Å². The van der Waals surface area contributed by atoms with E-state index in [2.05, 4.69) is 24.3 Å². The van der Waals surface area contributed by atoms with Crippen molar-refractivity contribution in [2.75, 3.05) is 13.2 Å². The van der Waals surface area contributed by atoms with Crippen LogP contribution in [0.15, 0.2) is 6.20 Å². The number of nitrogens with one attached hydrogen (secondary N) is 1. The quantitative estimate of drug-likeness (QED) is 0.800. The average Bonchev–Trinajstić information content (AvgIpc) is 3.05. The van der Waals surface area contributed by atoms with E-state index in [-0.39, 0.29) is 24.0 Å². The number of nitrogens with zero attached hydrogens (tertiary/aromatic N) is 2. The number of carbonyl (C=O) groups is 1. The third-order valence-corrected chi connectivity index (χ3v) is 4.63. The highest BCUT2D eigenvalue weighted by molar-refractivity contribution is 5.76. The van der Waals surface area contributed by atoms with Gasteiger partial charge in [0.25, 0.3) is 0 Å². The summed E-state index contributed by atoms with van der Waals surface area (Å²) in [6.07, 6.45) is 4.04. The fourth-order valence-corrected chi connectivity index (χ4v) is 3.30. The smallest absolute Gasteiger partial charge is 0.220 e. The van der Waals surface area contributed by atoms with E-state index in [9.17, 15) is 4.79 Å². The average molecular weight is 322 g/mol. The van der Waals surface area contributed by atoms with Gasteiger partial charge in [-0.3, -0.25) is 9.48 Å². The zero-order chi connectivity index (χ0) is 17.0. The van der Waals surface area contributed by atoms with Gasteiger partial charge in [0.05, 0.1) is 12.2 Å². The number of hydrogen-bond acceptors (Lipinski definition) is 4. The topological polar surface area (TPSA) is 82.2 Å². The molecule has 1 aromatic heterocycles. The molecule has 1 amide bonds. The van der Waals surface area contributed by atoms with Gasteiger partial charge < -0.3 is 15.8 Å². The van der Waals surface area contributed by atoms with Crippen molar-refractivity contribution in [3.05, 3.63) is 17.5 Å². The van der Waals surface area contributed by atoms with Gasteiger partial charge in [0.15, 0.2) is 0 Å². The van der Waals surface area contributed by atoms with Gasteiger partial charge in [0, 0.05) is 31.3 Å². The van der Waals surface area contributed by atoms with E-state index in [0.717, 1.165) is 24.1 Å². The van der Waals surface area contributed by atoms with Gasteiger partial charge in [-0.15, -0.1) is 0 Å². The second-order valence-electron chi connectivity index (χ2n) is 7.00. The Hall–Kier alpha value is -1.40. The maximum atomic E-state index is 12.4.